The Morgan fingerprint density at radius 1 is 1.62 bits per heavy atom. The van der Waals surface area contributed by atoms with E-state index in [2.05, 4.69) is 5.32 Å². The summed E-state index contributed by atoms with van der Waals surface area (Å²) < 4.78 is 4.70. The van der Waals surface area contributed by atoms with Crippen LogP contribution in [-0.2, 0) is 9.53 Å². The smallest absolute Gasteiger partial charge is 0.416 e. The topological polar surface area (TPSA) is 61.9 Å². The second-order valence-electron chi connectivity index (χ2n) is 3.85. The standard InChI is InChI=1S/C10H19N3O3/c1-11-4-3-5-12(2)8-9(14)13-6-7-16-10(13)15/h11H,3-8H2,1-2H3. The van der Waals surface area contributed by atoms with Gasteiger partial charge in [0.1, 0.15) is 6.61 Å². The predicted octanol–water partition coefficient (Wildman–Crippen LogP) is -0.493. The summed E-state index contributed by atoms with van der Waals surface area (Å²) in [6.45, 7) is 2.70. The lowest BCUT2D eigenvalue weighted by Gasteiger charge is -2.18. The fourth-order valence-corrected chi connectivity index (χ4v) is 1.54. The highest BCUT2D eigenvalue weighted by atomic mass is 16.6. The first-order valence-electron chi connectivity index (χ1n) is 5.45. The van der Waals surface area contributed by atoms with Crippen LogP contribution in [0, 0.1) is 0 Å². The Labute approximate surface area is 95.5 Å². The van der Waals surface area contributed by atoms with Crippen LogP contribution in [0.2, 0.25) is 0 Å². The Morgan fingerprint density at radius 2 is 2.38 bits per heavy atom. The van der Waals surface area contributed by atoms with Crippen LogP contribution < -0.4 is 5.32 Å². The molecule has 1 rings (SSSR count). The van der Waals surface area contributed by atoms with E-state index in [1.165, 1.54) is 0 Å². The monoisotopic (exact) mass is 229 g/mol. The number of nitrogens with one attached hydrogen (secondary N) is 1. The number of carbonyl (C=O) groups is 2. The number of likely N-dealkylation sites (N-methyl/N-ethyl adjacent to an activating group) is 1. The van der Waals surface area contributed by atoms with E-state index in [1.807, 2.05) is 19.0 Å². The van der Waals surface area contributed by atoms with Crippen molar-refractivity contribution >= 4 is 12.0 Å². The number of nitrogens with zero attached hydrogens (tertiary/aromatic N) is 2. The molecule has 1 saturated heterocycles. The molecule has 0 aromatic rings. The minimum absolute atomic E-state index is 0.186. The fourth-order valence-electron chi connectivity index (χ4n) is 1.54. The molecule has 6 heteroatoms. The predicted molar refractivity (Wildman–Crippen MR) is 59.1 cm³/mol. The lowest BCUT2D eigenvalue weighted by atomic mass is 10.3. The van der Waals surface area contributed by atoms with E-state index in [0.717, 1.165) is 24.4 Å². The Balaban J connectivity index is 2.25. The molecule has 0 radical (unpaired) electrons. The first-order chi connectivity index (χ1) is 7.65. The molecule has 1 aliphatic rings. The van der Waals surface area contributed by atoms with Crippen LogP contribution in [0.4, 0.5) is 4.79 Å². The normalized spacial score (nSPS) is 15.7. The van der Waals surface area contributed by atoms with Crippen LogP contribution >= 0.6 is 0 Å². The van der Waals surface area contributed by atoms with Crippen molar-refractivity contribution in [2.75, 3.05) is 46.9 Å². The van der Waals surface area contributed by atoms with Crippen molar-refractivity contribution in [2.24, 2.45) is 0 Å². The quantitative estimate of drug-likeness (QED) is 0.623. The van der Waals surface area contributed by atoms with Gasteiger partial charge in [-0.25, -0.2) is 9.69 Å². The fraction of sp³-hybridized carbons (Fsp3) is 0.800. The second-order valence-corrected chi connectivity index (χ2v) is 3.85. The van der Waals surface area contributed by atoms with E-state index in [0.29, 0.717) is 13.2 Å². The Kier molecular flexibility index (Phi) is 5.21. The van der Waals surface area contributed by atoms with Gasteiger partial charge in [-0.3, -0.25) is 9.69 Å². The minimum Gasteiger partial charge on any atom is -0.447 e. The van der Waals surface area contributed by atoms with Gasteiger partial charge in [0.05, 0.1) is 13.1 Å². The van der Waals surface area contributed by atoms with E-state index < -0.39 is 6.09 Å². The van der Waals surface area contributed by atoms with Gasteiger partial charge in [0.2, 0.25) is 5.91 Å². The third-order valence-electron chi connectivity index (χ3n) is 2.43. The molecule has 1 heterocycles. The summed E-state index contributed by atoms with van der Waals surface area (Å²) in [5.41, 5.74) is 0. The Bertz CT molecular complexity index is 258. The third kappa shape index (κ3) is 3.79. The molecule has 0 aromatic heterocycles. The zero-order chi connectivity index (χ0) is 12.0. The molecule has 0 bridgehead atoms. The maximum absolute atomic E-state index is 11.7. The zero-order valence-corrected chi connectivity index (χ0v) is 9.86. The van der Waals surface area contributed by atoms with E-state index in [4.69, 9.17) is 4.74 Å². The van der Waals surface area contributed by atoms with Gasteiger partial charge in [0.15, 0.2) is 0 Å². The van der Waals surface area contributed by atoms with Crippen molar-refractivity contribution in [1.82, 2.24) is 15.1 Å². The van der Waals surface area contributed by atoms with Gasteiger partial charge in [-0.05, 0) is 33.6 Å². The number of hydrogen-bond acceptors (Lipinski definition) is 5. The number of cyclic esters (lactones) is 1. The summed E-state index contributed by atoms with van der Waals surface area (Å²) in [4.78, 5) is 25.8. The molecule has 0 saturated carbocycles. The molecule has 0 unspecified atom stereocenters. The summed E-state index contributed by atoms with van der Waals surface area (Å²) in [5, 5.41) is 3.04. The van der Waals surface area contributed by atoms with Gasteiger partial charge in [0, 0.05) is 0 Å². The van der Waals surface area contributed by atoms with Gasteiger partial charge in [-0.2, -0.15) is 0 Å². The molecule has 2 amide bonds. The van der Waals surface area contributed by atoms with Gasteiger partial charge < -0.3 is 10.1 Å². The molecule has 1 fully saturated rings. The molecule has 0 aliphatic carbocycles. The van der Waals surface area contributed by atoms with Crippen LogP contribution in [-0.4, -0.2) is 68.7 Å². The van der Waals surface area contributed by atoms with Crippen molar-refractivity contribution in [3.63, 3.8) is 0 Å². The molecule has 1 aliphatic heterocycles. The van der Waals surface area contributed by atoms with Gasteiger partial charge in [-0.1, -0.05) is 0 Å². The molecule has 0 atom stereocenters. The summed E-state index contributed by atoms with van der Waals surface area (Å²) in [7, 11) is 3.76. The number of imide groups is 1. The maximum atomic E-state index is 11.7. The van der Waals surface area contributed by atoms with E-state index in [9.17, 15) is 9.59 Å². The first kappa shape index (κ1) is 12.9. The van der Waals surface area contributed by atoms with Crippen LogP contribution in [0.5, 0.6) is 0 Å². The maximum Gasteiger partial charge on any atom is 0.416 e. The van der Waals surface area contributed by atoms with Crippen LogP contribution in [0.15, 0.2) is 0 Å². The highest BCUT2D eigenvalue weighted by Gasteiger charge is 2.28. The molecule has 1 N–H and O–H groups in total. The molecule has 92 valence electrons. The van der Waals surface area contributed by atoms with Crippen LogP contribution in [0.25, 0.3) is 0 Å². The SMILES string of the molecule is CNCCCN(C)CC(=O)N1CCOC1=O. The van der Waals surface area contributed by atoms with Crippen molar-refractivity contribution < 1.29 is 14.3 Å². The van der Waals surface area contributed by atoms with Crippen LogP contribution in [0.3, 0.4) is 0 Å². The second kappa shape index (κ2) is 6.44. The number of carbonyl (C=O) groups excluding carboxylic acids is 2. The first-order valence-corrected chi connectivity index (χ1v) is 5.45. The zero-order valence-electron chi connectivity index (χ0n) is 9.86. The average Bonchev–Trinajstić information content (AvgIpc) is 2.65. The molecule has 0 spiro atoms. The number of hydrogen-bond donors (Lipinski definition) is 1. The van der Waals surface area contributed by atoms with E-state index >= 15 is 0 Å². The highest BCUT2D eigenvalue weighted by molar-refractivity contribution is 5.93. The van der Waals surface area contributed by atoms with Crippen molar-refractivity contribution in [3.05, 3.63) is 0 Å². The highest BCUT2D eigenvalue weighted by Crippen LogP contribution is 2.04. The van der Waals surface area contributed by atoms with E-state index in [1.54, 1.807) is 0 Å². The van der Waals surface area contributed by atoms with E-state index in [-0.39, 0.29) is 12.5 Å². The summed E-state index contributed by atoms with van der Waals surface area (Å²) >= 11 is 0. The summed E-state index contributed by atoms with van der Waals surface area (Å²) in [5.74, 6) is -0.186. The van der Waals surface area contributed by atoms with Gasteiger partial charge in [0.25, 0.3) is 0 Å². The van der Waals surface area contributed by atoms with Crippen molar-refractivity contribution in [1.29, 1.82) is 0 Å². The summed E-state index contributed by atoms with van der Waals surface area (Å²) in [6.07, 6.45) is 0.457. The van der Waals surface area contributed by atoms with Gasteiger partial charge in [-0.15, -0.1) is 0 Å². The minimum atomic E-state index is -0.520. The number of rotatable bonds is 6. The lowest BCUT2D eigenvalue weighted by molar-refractivity contribution is -0.128. The van der Waals surface area contributed by atoms with Gasteiger partial charge >= 0.3 is 6.09 Å². The summed E-state index contributed by atoms with van der Waals surface area (Å²) in [6, 6.07) is 0. The Morgan fingerprint density at radius 3 is 2.94 bits per heavy atom. The largest absolute Gasteiger partial charge is 0.447 e. The molecule has 0 aromatic carbocycles. The molecular formula is C10H19N3O3. The van der Waals surface area contributed by atoms with Crippen molar-refractivity contribution in [2.45, 2.75) is 6.42 Å². The molecule has 6 nitrogen and oxygen atoms in total. The lowest BCUT2D eigenvalue weighted by Crippen LogP contribution is -2.40. The number of amides is 2. The average molecular weight is 229 g/mol. The van der Waals surface area contributed by atoms with Crippen molar-refractivity contribution in [3.8, 4) is 0 Å². The molecular weight excluding hydrogens is 210 g/mol. The van der Waals surface area contributed by atoms with Crippen LogP contribution in [0.1, 0.15) is 6.42 Å². The number of ether oxygens (including phenoxy) is 1. The third-order valence-corrected chi connectivity index (χ3v) is 2.43. The Hall–Kier alpha value is -1.14. The molecule has 16 heavy (non-hydrogen) atoms.